The summed E-state index contributed by atoms with van der Waals surface area (Å²) in [7, 11) is 0. The number of ether oxygens (including phenoxy) is 1. The van der Waals surface area contributed by atoms with Crippen molar-refractivity contribution in [1.29, 1.82) is 0 Å². The molecule has 122 valence electrons. The first kappa shape index (κ1) is 17.3. The van der Waals surface area contributed by atoms with E-state index < -0.39 is 11.9 Å². The summed E-state index contributed by atoms with van der Waals surface area (Å²) < 4.78 is 18.9. The van der Waals surface area contributed by atoms with Gasteiger partial charge >= 0.3 is 0 Å². The van der Waals surface area contributed by atoms with E-state index in [-0.39, 0.29) is 10.9 Å². The van der Waals surface area contributed by atoms with E-state index in [1.165, 1.54) is 18.2 Å². The summed E-state index contributed by atoms with van der Waals surface area (Å²) >= 11 is 5.72. The van der Waals surface area contributed by atoms with E-state index >= 15 is 0 Å². The third-order valence-corrected chi connectivity index (χ3v) is 3.61. The summed E-state index contributed by atoms with van der Waals surface area (Å²) in [5.74, 6) is -0.167. The molecular weight excluding hydrogens is 317 g/mol. The van der Waals surface area contributed by atoms with Crippen molar-refractivity contribution < 1.29 is 13.9 Å². The van der Waals surface area contributed by atoms with Crippen molar-refractivity contribution in [2.24, 2.45) is 0 Å². The molecule has 0 fully saturated rings. The van der Waals surface area contributed by atoms with Crippen LogP contribution < -0.4 is 10.1 Å². The molecule has 2 aromatic rings. The molecule has 2 aromatic carbocycles. The predicted molar refractivity (Wildman–Crippen MR) is 90.7 cm³/mol. The summed E-state index contributed by atoms with van der Waals surface area (Å²) in [5.41, 5.74) is 2.57. The van der Waals surface area contributed by atoms with Gasteiger partial charge < -0.3 is 10.1 Å². The molecule has 0 bridgehead atoms. The predicted octanol–water partition coefficient (Wildman–Crippen LogP) is 4.89. The highest BCUT2D eigenvalue weighted by Gasteiger charge is 2.19. The molecule has 3 nitrogen and oxygen atoms in total. The Morgan fingerprint density at radius 1 is 1.22 bits per heavy atom. The first-order valence-corrected chi connectivity index (χ1v) is 7.77. The molecule has 0 aliphatic heterocycles. The molecule has 0 aliphatic carbocycles. The van der Waals surface area contributed by atoms with Gasteiger partial charge in [-0.25, -0.2) is 4.39 Å². The summed E-state index contributed by atoms with van der Waals surface area (Å²) in [6.45, 7) is 5.81. The standard InChI is InChI=1S/C18H19ClFNO2/c1-4-17(23-14-8-11(2)7-12(3)9-14)18(22)21-13-5-6-16(20)15(19)10-13/h5-10,17H,4H2,1-3H3,(H,21,22)/t17-/m1/s1. The molecule has 23 heavy (non-hydrogen) atoms. The molecule has 2 rings (SSSR count). The Bertz CT molecular complexity index is 698. The van der Waals surface area contributed by atoms with Crippen LogP contribution in [0.25, 0.3) is 0 Å². The zero-order valence-corrected chi connectivity index (χ0v) is 14.1. The van der Waals surface area contributed by atoms with Crippen molar-refractivity contribution in [3.05, 3.63) is 58.4 Å². The van der Waals surface area contributed by atoms with Gasteiger partial charge in [0.1, 0.15) is 11.6 Å². The highest BCUT2D eigenvalue weighted by atomic mass is 35.5. The van der Waals surface area contributed by atoms with Crippen LogP contribution in [0.1, 0.15) is 24.5 Å². The lowest BCUT2D eigenvalue weighted by molar-refractivity contribution is -0.122. The number of rotatable bonds is 5. The highest BCUT2D eigenvalue weighted by Crippen LogP contribution is 2.21. The van der Waals surface area contributed by atoms with Crippen molar-refractivity contribution in [1.82, 2.24) is 0 Å². The van der Waals surface area contributed by atoms with E-state index in [0.717, 1.165) is 11.1 Å². The lowest BCUT2D eigenvalue weighted by atomic mass is 10.1. The van der Waals surface area contributed by atoms with Gasteiger partial charge in [0, 0.05) is 5.69 Å². The molecule has 0 saturated carbocycles. The van der Waals surface area contributed by atoms with E-state index in [1.54, 1.807) is 0 Å². The van der Waals surface area contributed by atoms with Crippen LogP contribution >= 0.6 is 11.6 Å². The summed E-state index contributed by atoms with van der Waals surface area (Å²) in [5, 5.41) is 2.66. The smallest absolute Gasteiger partial charge is 0.265 e. The van der Waals surface area contributed by atoms with Crippen molar-refractivity contribution >= 4 is 23.2 Å². The minimum absolute atomic E-state index is 0.0360. The molecule has 0 radical (unpaired) electrons. The third-order valence-electron chi connectivity index (χ3n) is 3.32. The van der Waals surface area contributed by atoms with Crippen LogP contribution in [-0.2, 0) is 4.79 Å². The number of carbonyl (C=O) groups excluding carboxylic acids is 1. The molecular formula is C18H19ClFNO2. The fourth-order valence-corrected chi connectivity index (χ4v) is 2.46. The van der Waals surface area contributed by atoms with E-state index in [2.05, 4.69) is 5.32 Å². The number of carbonyl (C=O) groups is 1. The first-order valence-electron chi connectivity index (χ1n) is 7.40. The number of anilines is 1. The second kappa shape index (κ2) is 7.47. The van der Waals surface area contributed by atoms with Gasteiger partial charge in [0.15, 0.2) is 6.10 Å². The SMILES string of the molecule is CC[C@@H](Oc1cc(C)cc(C)c1)C(=O)Nc1ccc(F)c(Cl)c1. The Kier molecular flexibility index (Phi) is 5.61. The Morgan fingerprint density at radius 3 is 2.43 bits per heavy atom. The van der Waals surface area contributed by atoms with E-state index in [4.69, 9.17) is 16.3 Å². The van der Waals surface area contributed by atoms with Crippen molar-refractivity contribution in [2.45, 2.75) is 33.3 Å². The summed E-state index contributed by atoms with van der Waals surface area (Å²) in [6.07, 6.45) is -0.131. The lowest BCUT2D eigenvalue weighted by Crippen LogP contribution is -2.32. The minimum Gasteiger partial charge on any atom is -0.481 e. The highest BCUT2D eigenvalue weighted by molar-refractivity contribution is 6.31. The molecule has 1 N–H and O–H groups in total. The van der Waals surface area contributed by atoms with Crippen LogP contribution in [0.3, 0.4) is 0 Å². The summed E-state index contributed by atoms with van der Waals surface area (Å²) in [6, 6.07) is 9.86. The van der Waals surface area contributed by atoms with E-state index in [9.17, 15) is 9.18 Å². The van der Waals surface area contributed by atoms with Gasteiger partial charge in [0.05, 0.1) is 5.02 Å². The van der Waals surface area contributed by atoms with Crippen LogP contribution in [0, 0.1) is 19.7 Å². The molecule has 0 saturated heterocycles. The maximum Gasteiger partial charge on any atom is 0.265 e. The van der Waals surface area contributed by atoms with Crippen LogP contribution in [0.5, 0.6) is 5.75 Å². The molecule has 0 heterocycles. The van der Waals surface area contributed by atoms with Gasteiger partial charge in [-0.3, -0.25) is 4.79 Å². The lowest BCUT2D eigenvalue weighted by Gasteiger charge is -2.18. The van der Waals surface area contributed by atoms with Gasteiger partial charge in [0.25, 0.3) is 5.91 Å². The number of hydrogen-bond donors (Lipinski definition) is 1. The topological polar surface area (TPSA) is 38.3 Å². The second-order valence-electron chi connectivity index (χ2n) is 5.46. The van der Waals surface area contributed by atoms with E-state index in [1.807, 2.05) is 39.0 Å². The normalized spacial score (nSPS) is 11.9. The van der Waals surface area contributed by atoms with Crippen molar-refractivity contribution in [2.75, 3.05) is 5.32 Å². The molecule has 0 aromatic heterocycles. The zero-order valence-electron chi connectivity index (χ0n) is 13.3. The van der Waals surface area contributed by atoms with Gasteiger partial charge in [-0.15, -0.1) is 0 Å². The Morgan fingerprint density at radius 2 is 1.87 bits per heavy atom. The van der Waals surface area contributed by atoms with Gasteiger partial charge in [-0.05, 0) is 61.7 Å². The van der Waals surface area contributed by atoms with Crippen LogP contribution in [0.2, 0.25) is 5.02 Å². The second-order valence-corrected chi connectivity index (χ2v) is 5.86. The number of aryl methyl sites for hydroxylation is 2. The first-order chi connectivity index (χ1) is 10.9. The number of amides is 1. The molecule has 0 unspecified atom stereocenters. The molecule has 0 spiro atoms. The van der Waals surface area contributed by atoms with Crippen LogP contribution in [0.4, 0.5) is 10.1 Å². The van der Waals surface area contributed by atoms with Crippen LogP contribution in [-0.4, -0.2) is 12.0 Å². The fraction of sp³-hybridized carbons (Fsp3) is 0.278. The Balaban J connectivity index is 2.10. The Labute approximate surface area is 140 Å². The van der Waals surface area contributed by atoms with Gasteiger partial charge in [-0.1, -0.05) is 24.6 Å². The zero-order chi connectivity index (χ0) is 17.0. The quantitative estimate of drug-likeness (QED) is 0.844. The number of hydrogen-bond acceptors (Lipinski definition) is 2. The van der Waals surface area contributed by atoms with E-state index in [0.29, 0.717) is 17.9 Å². The molecule has 1 amide bonds. The average Bonchev–Trinajstić information content (AvgIpc) is 2.47. The largest absolute Gasteiger partial charge is 0.481 e. The molecule has 0 aliphatic rings. The molecule has 1 atom stereocenters. The number of benzene rings is 2. The summed E-state index contributed by atoms with van der Waals surface area (Å²) in [4.78, 5) is 12.3. The Hall–Kier alpha value is -2.07. The number of nitrogens with one attached hydrogen (secondary N) is 1. The monoisotopic (exact) mass is 335 g/mol. The average molecular weight is 336 g/mol. The molecule has 5 heteroatoms. The minimum atomic E-state index is -0.639. The maximum absolute atomic E-state index is 13.2. The number of halogens is 2. The maximum atomic E-state index is 13.2. The van der Waals surface area contributed by atoms with Gasteiger partial charge in [-0.2, -0.15) is 0 Å². The third kappa shape index (κ3) is 4.70. The van der Waals surface area contributed by atoms with Crippen molar-refractivity contribution in [3.63, 3.8) is 0 Å². The van der Waals surface area contributed by atoms with Crippen LogP contribution in [0.15, 0.2) is 36.4 Å². The van der Waals surface area contributed by atoms with Crippen molar-refractivity contribution in [3.8, 4) is 5.75 Å². The fourth-order valence-electron chi connectivity index (χ4n) is 2.28. The van der Waals surface area contributed by atoms with Gasteiger partial charge in [0.2, 0.25) is 0 Å².